The van der Waals surface area contributed by atoms with Crippen LogP contribution in [-0.2, 0) is 4.74 Å². The largest absolute Gasteiger partial charge is 0.446 e. The molecule has 4 N–H and O–H groups in total. The van der Waals surface area contributed by atoms with Gasteiger partial charge in [-0.3, -0.25) is 19.9 Å². The topological polar surface area (TPSA) is 123 Å². The van der Waals surface area contributed by atoms with Crippen LogP contribution in [0.1, 0.15) is 40.5 Å². The van der Waals surface area contributed by atoms with Gasteiger partial charge in [-0.05, 0) is 43.5 Å². The van der Waals surface area contributed by atoms with Crippen molar-refractivity contribution in [3.05, 3.63) is 90.0 Å². The lowest BCUT2D eigenvalue weighted by molar-refractivity contribution is 0.0592. The number of amides is 2. The first kappa shape index (κ1) is 31.8. The Labute approximate surface area is 253 Å². The summed E-state index contributed by atoms with van der Waals surface area (Å²) in [6.45, 7) is 5.64. The third-order valence-electron chi connectivity index (χ3n) is 7.35. The summed E-state index contributed by atoms with van der Waals surface area (Å²) in [6.07, 6.45) is 0.897. The minimum atomic E-state index is -0.448. The van der Waals surface area contributed by atoms with Gasteiger partial charge in [0, 0.05) is 56.0 Å². The van der Waals surface area contributed by atoms with Crippen LogP contribution in [0.2, 0.25) is 0 Å². The number of nitrogens with zero attached hydrogens (tertiary/aromatic N) is 2. The van der Waals surface area contributed by atoms with Crippen molar-refractivity contribution in [3.8, 4) is 11.1 Å². The molecule has 1 fully saturated rings. The second kappa shape index (κ2) is 16.5. The molecule has 1 saturated heterocycles. The highest BCUT2D eigenvalue weighted by Crippen LogP contribution is 2.28. The monoisotopic (exact) mass is 587 g/mol. The number of hydrogen-bond acceptors (Lipinski definition) is 8. The van der Waals surface area contributed by atoms with Gasteiger partial charge in [-0.2, -0.15) is 0 Å². The molecule has 0 atom stereocenters. The van der Waals surface area contributed by atoms with Crippen molar-refractivity contribution in [2.45, 2.75) is 25.9 Å². The predicted octanol–water partition coefficient (Wildman–Crippen LogP) is 3.80. The first-order valence-electron chi connectivity index (χ1n) is 14.8. The molecule has 0 spiro atoms. The van der Waals surface area contributed by atoms with E-state index in [1.807, 2.05) is 61.5 Å². The summed E-state index contributed by atoms with van der Waals surface area (Å²) in [6, 6.07) is 24.3. The highest BCUT2D eigenvalue weighted by molar-refractivity contribution is 6.01. The van der Waals surface area contributed by atoms with Crippen molar-refractivity contribution < 1.29 is 24.2 Å². The number of aliphatic hydroxyl groups excluding tert-OH is 1. The Bertz CT molecular complexity index is 1340. The van der Waals surface area contributed by atoms with E-state index in [0.717, 1.165) is 43.6 Å². The lowest BCUT2D eigenvalue weighted by Gasteiger charge is -2.31. The predicted molar refractivity (Wildman–Crippen MR) is 167 cm³/mol. The Kier molecular flexibility index (Phi) is 12.2. The van der Waals surface area contributed by atoms with Crippen LogP contribution >= 0.6 is 0 Å². The fraction of sp³-hybridized carbons (Fsp3) is 0.364. The summed E-state index contributed by atoms with van der Waals surface area (Å²) < 4.78 is 5.73. The number of Topliss-reactive ketones (excluding diaryl/α,β-unsaturated/α-hetero) is 1. The van der Waals surface area contributed by atoms with Crippen molar-refractivity contribution in [3.63, 3.8) is 0 Å². The molecular formula is C33H41N5O5. The standard InChI is InChI=1S/C33H41N5O5/c1-2-38(35-18-22-39)32(41)27-12-8-11-26(23-27)31(40)24-34-17-21-37-19-15-28(16-20-37)43-33(42)36-30-14-7-6-13-29(30)25-9-4-3-5-10-25/h3-14,23,28,34-35,39H,2,15-22,24H2,1H3,(H,36,42). The molecule has 0 bridgehead atoms. The van der Waals surface area contributed by atoms with Crippen LogP contribution in [0, 0.1) is 0 Å². The van der Waals surface area contributed by atoms with Gasteiger partial charge < -0.3 is 20.1 Å². The number of hydrogen-bond donors (Lipinski definition) is 4. The van der Waals surface area contributed by atoms with Crippen molar-refractivity contribution in [2.24, 2.45) is 0 Å². The van der Waals surface area contributed by atoms with Gasteiger partial charge in [0.1, 0.15) is 6.10 Å². The summed E-state index contributed by atoms with van der Waals surface area (Å²) >= 11 is 0. The number of aliphatic hydroxyl groups is 1. The Morgan fingerprint density at radius 3 is 2.40 bits per heavy atom. The van der Waals surface area contributed by atoms with Crippen molar-refractivity contribution >= 4 is 23.5 Å². The number of piperidine rings is 1. The maximum absolute atomic E-state index is 12.8. The molecule has 228 valence electrons. The molecule has 10 nitrogen and oxygen atoms in total. The van der Waals surface area contributed by atoms with Crippen LogP contribution in [0.15, 0.2) is 78.9 Å². The molecule has 0 radical (unpaired) electrons. The molecule has 0 aliphatic carbocycles. The van der Waals surface area contributed by atoms with Gasteiger partial charge in [0.2, 0.25) is 0 Å². The molecule has 1 aliphatic heterocycles. The van der Waals surface area contributed by atoms with Gasteiger partial charge in [-0.1, -0.05) is 60.7 Å². The molecule has 10 heteroatoms. The lowest BCUT2D eigenvalue weighted by atomic mass is 10.0. The third-order valence-corrected chi connectivity index (χ3v) is 7.35. The van der Waals surface area contributed by atoms with Gasteiger partial charge in [-0.15, -0.1) is 0 Å². The Morgan fingerprint density at radius 2 is 1.65 bits per heavy atom. The molecule has 43 heavy (non-hydrogen) atoms. The molecule has 2 amide bonds. The molecule has 0 saturated carbocycles. The number of nitrogens with one attached hydrogen (secondary N) is 3. The number of para-hydroxylation sites is 1. The van der Waals surface area contributed by atoms with E-state index in [-0.39, 0.29) is 37.5 Å². The third kappa shape index (κ3) is 9.45. The molecule has 3 aromatic rings. The first-order valence-corrected chi connectivity index (χ1v) is 14.8. The second-order valence-corrected chi connectivity index (χ2v) is 10.3. The number of anilines is 1. The lowest BCUT2D eigenvalue weighted by Crippen LogP contribution is -2.44. The van der Waals surface area contributed by atoms with Crippen molar-refractivity contribution in [1.29, 1.82) is 0 Å². The normalized spacial score (nSPS) is 13.8. The van der Waals surface area contributed by atoms with Gasteiger partial charge in [-0.25, -0.2) is 10.2 Å². The quantitative estimate of drug-likeness (QED) is 0.128. The van der Waals surface area contributed by atoms with Gasteiger partial charge in [0.25, 0.3) is 5.91 Å². The minimum absolute atomic E-state index is 0.0814. The summed E-state index contributed by atoms with van der Waals surface area (Å²) in [5.41, 5.74) is 6.44. The van der Waals surface area contributed by atoms with Crippen LogP contribution in [0.25, 0.3) is 11.1 Å². The fourth-order valence-corrected chi connectivity index (χ4v) is 5.04. The second-order valence-electron chi connectivity index (χ2n) is 10.3. The Balaban J connectivity index is 1.16. The SMILES string of the molecule is CCN(NCCO)C(=O)c1cccc(C(=O)CNCCN2CCC(OC(=O)Nc3ccccc3-c3ccccc3)CC2)c1. The average molecular weight is 588 g/mol. The van der Waals surface area contributed by atoms with E-state index in [9.17, 15) is 14.4 Å². The summed E-state index contributed by atoms with van der Waals surface area (Å²) in [5, 5.41) is 16.6. The maximum atomic E-state index is 12.8. The maximum Gasteiger partial charge on any atom is 0.411 e. The number of carbonyl (C=O) groups is 3. The van der Waals surface area contributed by atoms with Crippen LogP contribution in [0.5, 0.6) is 0 Å². The highest BCUT2D eigenvalue weighted by atomic mass is 16.6. The Hall–Kier alpha value is -4.09. The van der Waals surface area contributed by atoms with E-state index >= 15 is 0 Å². The summed E-state index contributed by atoms with van der Waals surface area (Å²) in [7, 11) is 0. The van der Waals surface area contributed by atoms with Gasteiger partial charge in [0.05, 0.1) is 18.8 Å². The van der Waals surface area contributed by atoms with E-state index in [1.54, 1.807) is 24.3 Å². The summed E-state index contributed by atoms with van der Waals surface area (Å²) in [4.78, 5) is 40.5. The number of ether oxygens (including phenoxy) is 1. The van der Waals surface area contributed by atoms with Crippen molar-refractivity contribution in [1.82, 2.24) is 20.7 Å². The number of ketones is 1. The van der Waals surface area contributed by atoms with Crippen LogP contribution in [-0.4, -0.2) is 91.3 Å². The minimum Gasteiger partial charge on any atom is -0.446 e. The molecule has 4 rings (SSSR count). The summed E-state index contributed by atoms with van der Waals surface area (Å²) in [5.74, 6) is -0.339. The van der Waals surface area contributed by atoms with Gasteiger partial charge >= 0.3 is 6.09 Å². The molecule has 3 aromatic carbocycles. The van der Waals surface area contributed by atoms with E-state index < -0.39 is 6.09 Å². The molecule has 1 heterocycles. The van der Waals surface area contributed by atoms with E-state index in [1.165, 1.54) is 5.01 Å². The Morgan fingerprint density at radius 1 is 0.930 bits per heavy atom. The van der Waals surface area contributed by atoms with Crippen molar-refractivity contribution in [2.75, 3.05) is 57.7 Å². The van der Waals surface area contributed by atoms with Crippen LogP contribution < -0.4 is 16.1 Å². The molecule has 0 unspecified atom stereocenters. The number of hydrazine groups is 1. The smallest absolute Gasteiger partial charge is 0.411 e. The van der Waals surface area contributed by atoms with Crippen LogP contribution in [0.3, 0.4) is 0 Å². The van der Waals surface area contributed by atoms with E-state index in [2.05, 4.69) is 21.0 Å². The van der Waals surface area contributed by atoms with Crippen LogP contribution in [0.4, 0.5) is 10.5 Å². The molecule has 0 aromatic heterocycles. The highest BCUT2D eigenvalue weighted by Gasteiger charge is 2.23. The molecular weight excluding hydrogens is 546 g/mol. The van der Waals surface area contributed by atoms with E-state index in [4.69, 9.17) is 9.84 Å². The molecule has 1 aliphatic rings. The first-order chi connectivity index (χ1) is 21.0. The van der Waals surface area contributed by atoms with E-state index in [0.29, 0.717) is 29.9 Å². The fourth-order valence-electron chi connectivity index (χ4n) is 5.04. The number of carbonyl (C=O) groups excluding carboxylic acids is 3. The van der Waals surface area contributed by atoms with Gasteiger partial charge in [0.15, 0.2) is 5.78 Å². The number of likely N-dealkylation sites (tertiary alicyclic amines) is 1. The average Bonchev–Trinajstić information content (AvgIpc) is 3.04. The zero-order chi connectivity index (χ0) is 30.4. The number of rotatable bonds is 14. The zero-order valence-corrected chi connectivity index (χ0v) is 24.6. The zero-order valence-electron chi connectivity index (χ0n) is 24.6. The number of benzene rings is 3.